The maximum atomic E-state index is 7.10. The van der Waals surface area contributed by atoms with Crippen LogP contribution in [0.25, 0.3) is 0 Å². The predicted molar refractivity (Wildman–Crippen MR) is 158 cm³/mol. The largest absolute Gasteiger partial charge is 0.414 e. The molecule has 0 radical (unpaired) electrons. The Balaban J connectivity index is 1.64. The molecule has 0 saturated heterocycles. The van der Waals surface area contributed by atoms with Gasteiger partial charge in [-0.05, 0) is 111 Å². The van der Waals surface area contributed by atoms with E-state index in [1.165, 1.54) is 38.5 Å². The van der Waals surface area contributed by atoms with E-state index in [9.17, 15) is 0 Å². The van der Waals surface area contributed by atoms with Crippen molar-refractivity contribution in [2.24, 2.45) is 29.1 Å². The summed E-state index contributed by atoms with van der Waals surface area (Å²) < 4.78 is 14.0. The highest BCUT2D eigenvalue weighted by atomic mass is 28.4. The van der Waals surface area contributed by atoms with Gasteiger partial charge in [0.1, 0.15) is 0 Å². The summed E-state index contributed by atoms with van der Waals surface area (Å²) in [6, 6.07) is 0. The van der Waals surface area contributed by atoms with Crippen molar-refractivity contribution in [2.45, 2.75) is 155 Å². The topological polar surface area (TPSA) is 18.5 Å². The first-order valence-electron chi connectivity index (χ1n) is 14.8. The lowest BCUT2D eigenvalue weighted by atomic mass is 9.61. The first-order valence-corrected chi connectivity index (χ1v) is 20.6. The summed E-state index contributed by atoms with van der Waals surface area (Å²) in [5.41, 5.74) is 0.371. The number of allylic oxidation sites excluding steroid dienone is 1. The lowest BCUT2D eigenvalue weighted by Gasteiger charge is -2.50. The summed E-state index contributed by atoms with van der Waals surface area (Å²) in [7, 11) is -3.51. The van der Waals surface area contributed by atoms with E-state index >= 15 is 0 Å². The van der Waals surface area contributed by atoms with Crippen molar-refractivity contribution >= 4 is 16.6 Å². The van der Waals surface area contributed by atoms with Gasteiger partial charge in [0.15, 0.2) is 16.6 Å². The summed E-state index contributed by atoms with van der Waals surface area (Å²) in [6.07, 6.45) is 14.7. The van der Waals surface area contributed by atoms with Crippen LogP contribution >= 0.6 is 0 Å². The van der Waals surface area contributed by atoms with Crippen molar-refractivity contribution in [3.63, 3.8) is 0 Å². The normalized spacial score (nSPS) is 37.5. The Morgan fingerprint density at radius 2 is 1.51 bits per heavy atom. The van der Waals surface area contributed by atoms with Crippen LogP contribution in [0.5, 0.6) is 0 Å². The zero-order valence-electron chi connectivity index (χ0n) is 25.8. The fraction of sp³-hybridized carbons (Fsp3) is 0.935. The van der Waals surface area contributed by atoms with Gasteiger partial charge in [0.25, 0.3) is 0 Å². The first kappa shape index (κ1) is 29.6. The van der Waals surface area contributed by atoms with Gasteiger partial charge in [-0.3, -0.25) is 0 Å². The van der Waals surface area contributed by atoms with E-state index in [1.807, 2.05) is 0 Å². The van der Waals surface area contributed by atoms with Gasteiger partial charge < -0.3 is 8.85 Å². The molecule has 3 rings (SSSR count). The van der Waals surface area contributed by atoms with E-state index in [0.717, 1.165) is 24.2 Å². The number of hydrogen-bond acceptors (Lipinski definition) is 2. The molecular formula is C31H60O2Si2. The minimum Gasteiger partial charge on any atom is -0.414 e. The van der Waals surface area contributed by atoms with Crippen LogP contribution in [0, 0.1) is 29.1 Å². The molecule has 0 N–H and O–H groups in total. The quantitative estimate of drug-likeness (QED) is 0.245. The first-order chi connectivity index (χ1) is 15.7. The monoisotopic (exact) mass is 520 g/mol. The van der Waals surface area contributed by atoms with E-state index < -0.39 is 16.6 Å². The molecule has 204 valence electrons. The maximum Gasteiger partial charge on any atom is 0.193 e. The fourth-order valence-electron chi connectivity index (χ4n) is 7.40. The van der Waals surface area contributed by atoms with Crippen LogP contribution < -0.4 is 0 Å². The second-order valence-electron chi connectivity index (χ2n) is 16.3. The number of rotatable bonds is 7. The molecule has 35 heavy (non-hydrogen) atoms. The zero-order chi connectivity index (χ0) is 26.7. The Morgan fingerprint density at radius 3 is 2.09 bits per heavy atom. The smallest absolute Gasteiger partial charge is 0.193 e. The molecule has 3 aliphatic rings. The summed E-state index contributed by atoms with van der Waals surface area (Å²) in [4.78, 5) is 0. The SMILES string of the molecule is C[C@H](C[C@@H]1C=C[C@@](C)(O[Si](C)(C)C(C)(C)C)C1)[C@H]1CCC2C(O[Si](C)(C)C(C)(C)C)CCC[C@]21C. The van der Waals surface area contributed by atoms with Gasteiger partial charge in [0, 0.05) is 6.10 Å². The van der Waals surface area contributed by atoms with Crippen LogP contribution in [0.3, 0.4) is 0 Å². The Morgan fingerprint density at radius 1 is 0.914 bits per heavy atom. The molecule has 2 fully saturated rings. The van der Waals surface area contributed by atoms with Crippen molar-refractivity contribution < 1.29 is 8.85 Å². The Hall–Kier alpha value is 0.0938. The molecule has 0 aromatic heterocycles. The Bertz CT molecular complexity index is 774. The highest BCUT2D eigenvalue weighted by molar-refractivity contribution is 6.74. The third-order valence-corrected chi connectivity index (χ3v) is 20.5. The van der Waals surface area contributed by atoms with Gasteiger partial charge in [-0.2, -0.15) is 0 Å². The summed E-state index contributed by atoms with van der Waals surface area (Å²) in [6.45, 7) is 31.4. The minimum atomic E-state index is -1.78. The summed E-state index contributed by atoms with van der Waals surface area (Å²) in [5.74, 6) is 3.01. The minimum absolute atomic E-state index is 0.0809. The molecule has 3 aliphatic carbocycles. The molecule has 2 unspecified atom stereocenters. The van der Waals surface area contributed by atoms with Gasteiger partial charge in [0.2, 0.25) is 0 Å². The number of hydrogen-bond donors (Lipinski definition) is 0. The van der Waals surface area contributed by atoms with Gasteiger partial charge in [-0.1, -0.05) is 74.0 Å². The Kier molecular flexibility index (Phi) is 8.20. The average Bonchev–Trinajstić information content (AvgIpc) is 3.19. The molecule has 0 heterocycles. The fourth-order valence-corrected chi connectivity index (χ4v) is 10.4. The zero-order valence-corrected chi connectivity index (χ0v) is 27.8. The lowest BCUT2D eigenvalue weighted by Crippen LogP contribution is -2.50. The summed E-state index contributed by atoms with van der Waals surface area (Å²) in [5, 5.41) is 0.548. The van der Waals surface area contributed by atoms with E-state index in [0.29, 0.717) is 22.5 Å². The molecule has 0 aromatic carbocycles. The third kappa shape index (κ3) is 6.06. The van der Waals surface area contributed by atoms with Gasteiger partial charge in [0.05, 0.1) is 5.60 Å². The molecule has 2 nitrogen and oxygen atoms in total. The Labute approximate surface area is 221 Å². The molecule has 2 saturated carbocycles. The standard InChI is InChI=1S/C31H60O2Si2/c1-23(21-24-18-20-30(8,22-24)33-35(12,13)29(5,6)7)25-16-17-26-27(15-14-19-31(25,26)9)32-34(10,11)28(2,3)4/h18,20,23-27H,14-17,19,21-22H2,1-13H3/t23-,24+,25-,26?,27?,30-,31+/m1/s1. The van der Waals surface area contributed by atoms with Gasteiger partial charge in [-0.15, -0.1) is 0 Å². The van der Waals surface area contributed by atoms with Crippen LogP contribution in [-0.2, 0) is 8.85 Å². The average molecular weight is 521 g/mol. The van der Waals surface area contributed by atoms with Crippen LogP contribution in [0.1, 0.15) is 107 Å². The van der Waals surface area contributed by atoms with E-state index in [-0.39, 0.29) is 10.6 Å². The molecule has 0 spiro atoms. The molecule has 0 aromatic rings. The highest BCUT2D eigenvalue weighted by Gasteiger charge is 2.55. The molecule has 7 atom stereocenters. The van der Waals surface area contributed by atoms with E-state index in [4.69, 9.17) is 8.85 Å². The van der Waals surface area contributed by atoms with Crippen molar-refractivity contribution in [1.29, 1.82) is 0 Å². The maximum absolute atomic E-state index is 7.10. The predicted octanol–water partition coefficient (Wildman–Crippen LogP) is 9.98. The highest BCUT2D eigenvalue weighted by Crippen LogP contribution is 2.60. The van der Waals surface area contributed by atoms with Crippen molar-refractivity contribution in [3.05, 3.63) is 12.2 Å². The molecule has 0 amide bonds. The summed E-state index contributed by atoms with van der Waals surface area (Å²) >= 11 is 0. The van der Waals surface area contributed by atoms with Crippen molar-refractivity contribution in [3.8, 4) is 0 Å². The van der Waals surface area contributed by atoms with E-state index in [1.54, 1.807) is 0 Å². The molecular weight excluding hydrogens is 461 g/mol. The second-order valence-corrected chi connectivity index (χ2v) is 25.8. The number of fused-ring (bicyclic) bond motifs is 1. The van der Waals surface area contributed by atoms with Crippen LogP contribution in [0.4, 0.5) is 0 Å². The second kappa shape index (κ2) is 9.68. The lowest BCUT2D eigenvalue weighted by molar-refractivity contribution is -0.0224. The molecule has 4 heteroatoms. The third-order valence-electron chi connectivity index (χ3n) is 11.4. The van der Waals surface area contributed by atoms with Crippen LogP contribution in [0.2, 0.25) is 36.3 Å². The molecule has 0 bridgehead atoms. The van der Waals surface area contributed by atoms with Gasteiger partial charge in [-0.25, -0.2) is 0 Å². The molecule has 0 aliphatic heterocycles. The van der Waals surface area contributed by atoms with E-state index in [2.05, 4.69) is 101 Å². The van der Waals surface area contributed by atoms with Crippen LogP contribution in [-0.4, -0.2) is 28.3 Å². The van der Waals surface area contributed by atoms with Gasteiger partial charge >= 0.3 is 0 Å². The van der Waals surface area contributed by atoms with Crippen molar-refractivity contribution in [2.75, 3.05) is 0 Å². The van der Waals surface area contributed by atoms with Crippen LogP contribution in [0.15, 0.2) is 12.2 Å². The van der Waals surface area contributed by atoms with Crippen molar-refractivity contribution in [1.82, 2.24) is 0 Å².